The molecule has 0 radical (unpaired) electrons. The summed E-state index contributed by atoms with van der Waals surface area (Å²) in [6.07, 6.45) is 1.18. The van der Waals surface area contributed by atoms with Crippen molar-refractivity contribution in [1.82, 2.24) is 14.4 Å². The normalized spacial score (nSPS) is 16.4. The Hall–Kier alpha value is -1.93. The molecule has 2 heterocycles. The molecule has 0 atom stereocenters. The van der Waals surface area contributed by atoms with Gasteiger partial charge in [0.15, 0.2) is 0 Å². The van der Waals surface area contributed by atoms with Gasteiger partial charge >= 0.3 is 0 Å². The molecule has 0 aliphatic carbocycles. The first-order valence-electron chi connectivity index (χ1n) is 8.79. The SMILES string of the molecule is O=S(=O)(c1cc(Cl)ccc1Cl)N1CCC(c2nc(-c3ccccc3)no2)CC1. The minimum atomic E-state index is -3.71. The Labute approximate surface area is 173 Å². The number of nitrogens with zero attached hydrogens (tertiary/aromatic N) is 3. The van der Waals surface area contributed by atoms with Crippen LogP contribution in [0.1, 0.15) is 24.7 Å². The molecule has 0 saturated carbocycles. The molecule has 0 amide bonds. The number of aromatic nitrogens is 2. The Morgan fingerprint density at radius 2 is 1.75 bits per heavy atom. The molecule has 0 unspecified atom stereocenters. The minimum absolute atomic E-state index is 0.0197. The summed E-state index contributed by atoms with van der Waals surface area (Å²) in [7, 11) is -3.71. The van der Waals surface area contributed by atoms with E-state index in [1.54, 1.807) is 6.07 Å². The average molecular weight is 438 g/mol. The van der Waals surface area contributed by atoms with Gasteiger partial charge in [0, 0.05) is 29.6 Å². The lowest BCUT2D eigenvalue weighted by molar-refractivity contribution is 0.271. The molecule has 4 rings (SSSR count). The first-order valence-corrected chi connectivity index (χ1v) is 11.0. The van der Waals surface area contributed by atoms with Crippen LogP contribution in [0.5, 0.6) is 0 Å². The standard InChI is InChI=1S/C19H17Cl2N3O3S/c20-15-6-7-16(21)17(12-15)28(25,26)24-10-8-14(9-11-24)19-22-18(23-27-19)13-4-2-1-3-5-13/h1-7,12,14H,8-11H2. The van der Waals surface area contributed by atoms with Gasteiger partial charge in [-0.2, -0.15) is 9.29 Å². The van der Waals surface area contributed by atoms with Crippen molar-refractivity contribution in [1.29, 1.82) is 0 Å². The summed E-state index contributed by atoms with van der Waals surface area (Å²) in [5.41, 5.74) is 0.883. The summed E-state index contributed by atoms with van der Waals surface area (Å²) in [6, 6.07) is 14.0. The van der Waals surface area contributed by atoms with E-state index in [1.807, 2.05) is 30.3 Å². The van der Waals surface area contributed by atoms with Crippen LogP contribution in [-0.4, -0.2) is 36.0 Å². The average Bonchev–Trinajstić information content (AvgIpc) is 3.21. The van der Waals surface area contributed by atoms with Crippen LogP contribution in [0.25, 0.3) is 11.4 Å². The molecule has 0 N–H and O–H groups in total. The molecule has 2 aromatic carbocycles. The Morgan fingerprint density at radius 1 is 1.04 bits per heavy atom. The second kappa shape index (κ2) is 7.83. The lowest BCUT2D eigenvalue weighted by Crippen LogP contribution is -2.38. The number of halogens is 2. The fourth-order valence-electron chi connectivity index (χ4n) is 3.26. The van der Waals surface area contributed by atoms with Crippen LogP contribution < -0.4 is 0 Å². The highest BCUT2D eigenvalue weighted by atomic mass is 35.5. The molecule has 1 aliphatic rings. The summed E-state index contributed by atoms with van der Waals surface area (Å²) >= 11 is 12.0. The van der Waals surface area contributed by atoms with E-state index in [9.17, 15) is 8.42 Å². The summed E-state index contributed by atoms with van der Waals surface area (Å²) < 4.78 is 32.7. The zero-order chi connectivity index (χ0) is 19.7. The molecule has 1 aromatic heterocycles. The number of rotatable bonds is 4. The molecule has 1 saturated heterocycles. The number of piperidine rings is 1. The minimum Gasteiger partial charge on any atom is -0.339 e. The van der Waals surface area contributed by atoms with Crippen molar-refractivity contribution >= 4 is 33.2 Å². The number of hydrogen-bond donors (Lipinski definition) is 0. The van der Waals surface area contributed by atoms with Crippen molar-refractivity contribution in [2.45, 2.75) is 23.7 Å². The van der Waals surface area contributed by atoms with Crippen molar-refractivity contribution in [3.05, 3.63) is 64.5 Å². The quantitative estimate of drug-likeness (QED) is 0.595. The highest BCUT2D eigenvalue weighted by Gasteiger charge is 2.33. The summed E-state index contributed by atoms with van der Waals surface area (Å²) in [4.78, 5) is 4.52. The van der Waals surface area contributed by atoms with Crippen molar-refractivity contribution in [2.75, 3.05) is 13.1 Å². The lowest BCUT2D eigenvalue weighted by atomic mass is 9.98. The summed E-state index contributed by atoms with van der Waals surface area (Å²) in [5, 5.41) is 4.54. The van der Waals surface area contributed by atoms with E-state index in [-0.39, 0.29) is 15.8 Å². The van der Waals surface area contributed by atoms with Gasteiger partial charge in [-0.3, -0.25) is 0 Å². The second-order valence-corrected chi connectivity index (χ2v) is 9.33. The van der Waals surface area contributed by atoms with Crippen molar-refractivity contribution in [3.8, 4) is 11.4 Å². The van der Waals surface area contributed by atoms with Crippen molar-refractivity contribution < 1.29 is 12.9 Å². The maximum Gasteiger partial charge on any atom is 0.244 e. The Balaban J connectivity index is 1.48. The predicted molar refractivity (Wildman–Crippen MR) is 107 cm³/mol. The highest BCUT2D eigenvalue weighted by molar-refractivity contribution is 7.89. The predicted octanol–water partition coefficient (Wildman–Crippen LogP) is 4.61. The van der Waals surface area contributed by atoms with Gasteiger partial charge in [0.05, 0.1) is 5.02 Å². The van der Waals surface area contributed by atoms with Crippen molar-refractivity contribution in [2.24, 2.45) is 0 Å². The van der Waals surface area contributed by atoms with Gasteiger partial charge in [0.25, 0.3) is 0 Å². The van der Waals surface area contributed by atoms with Crippen LogP contribution >= 0.6 is 23.2 Å². The third-order valence-electron chi connectivity index (χ3n) is 4.79. The zero-order valence-electron chi connectivity index (χ0n) is 14.8. The third-order valence-corrected chi connectivity index (χ3v) is 7.40. The van der Waals surface area contributed by atoms with Crippen LogP contribution in [-0.2, 0) is 10.0 Å². The smallest absolute Gasteiger partial charge is 0.244 e. The first kappa shape index (κ1) is 19.4. The van der Waals surface area contributed by atoms with Gasteiger partial charge in [-0.05, 0) is 31.0 Å². The Kier molecular flexibility index (Phi) is 5.42. The van der Waals surface area contributed by atoms with Gasteiger partial charge in [-0.25, -0.2) is 8.42 Å². The van der Waals surface area contributed by atoms with Crippen LogP contribution in [0.3, 0.4) is 0 Å². The Morgan fingerprint density at radius 3 is 2.46 bits per heavy atom. The molecule has 1 aliphatic heterocycles. The highest BCUT2D eigenvalue weighted by Crippen LogP contribution is 2.33. The number of benzene rings is 2. The van der Waals surface area contributed by atoms with E-state index in [2.05, 4.69) is 10.1 Å². The lowest BCUT2D eigenvalue weighted by Gasteiger charge is -2.29. The molecule has 146 valence electrons. The van der Waals surface area contributed by atoms with Crippen molar-refractivity contribution in [3.63, 3.8) is 0 Å². The van der Waals surface area contributed by atoms with Gasteiger partial charge in [0.1, 0.15) is 4.90 Å². The molecular formula is C19H17Cl2N3O3S. The second-order valence-electron chi connectivity index (χ2n) is 6.58. The molecular weight excluding hydrogens is 421 g/mol. The maximum absolute atomic E-state index is 12.9. The molecule has 3 aromatic rings. The van der Waals surface area contributed by atoms with Crippen LogP contribution in [0, 0.1) is 0 Å². The summed E-state index contributed by atoms with van der Waals surface area (Å²) in [5.74, 6) is 1.10. The van der Waals surface area contributed by atoms with Crippen LogP contribution in [0.15, 0.2) is 57.9 Å². The van der Waals surface area contributed by atoms with E-state index < -0.39 is 10.0 Å². The largest absolute Gasteiger partial charge is 0.339 e. The van der Waals surface area contributed by atoms with Gasteiger partial charge < -0.3 is 4.52 Å². The van der Waals surface area contributed by atoms with E-state index in [1.165, 1.54) is 16.4 Å². The molecule has 9 heteroatoms. The maximum atomic E-state index is 12.9. The molecule has 1 fully saturated rings. The number of sulfonamides is 1. The fraction of sp³-hybridized carbons (Fsp3) is 0.263. The molecule has 6 nitrogen and oxygen atoms in total. The van der Waals surface area contributed by atoms with Gasteiger partial charge in [-0.15, -0.1) is 0 Å². The van der Waals surface area contributed by atoms with Crippen LogP contribution in [0.2, 0.25) is 10.0 Å². The molecule has 0 bridgehead atoms. The van der Waals surface area contributed by atoms with E-state index >= 15 is 0 Å². The molecule has 28 heavy (non-hydrogen) atoms. The number of hydrogen-bond acceptors (Lipinski definition) is 5. The zero-order valence-corrected chi connectivity index (χ0v) is 17.1. The van der Waals surface area contributed by atoms with Gasteiger partial charge in [0.2, 0.25) is 21.7 Å². The summed E-state index contributed by atoms with van der Waals surface area (Å²) in [6.45, 7) is 0.692. The fourth-order valence-corrected chi connectivity index (χ4v) is 5.47. The van der Waals surface area contributed by atoms with Gasteiger partial charge in [-0.1, -0.05) is 58.7 Å². The Bertz CT molecular complexity index is 1080. The van der Waals surface area contributed by atoms with E-state index in [0.29, 0.717) is 42.7 Å². The topological polar surface area (TPSA) is 76.3 Å². The monoisotopic (exact) mass is 437 g/mol. The molecule has 0 spiro atoms. The van der Waals surface area contributed by atoms with E-state index in [0.717, 1.165) is 5.56 Å². The first-order chi connectivity index (χ1) is 13.4. The van der Waals surface area contributed by atoms with Crippen LogP contribution in [0.4, 0.5) is 0 Å². The third kappa shape index (κ3) is 3.80. The van der Waals surface area contributed by atoms with E-state index in [4.69, 9.17) is 27.7 Å².